The Labute approximate surface area is 76.8 Å². The molecule has 5 nitrogen and oxygen atoms in total. The minimum absolute atomic E-state index is 0.0933. The smallest absolute Gasteiger partial charge is 0.321 e. The molecule has 0 aromatic heterocycles. The number of hydrogen-bond acceptors (Lipinski definition) is 4. The monoisotopic (exact) mass is 207 g/mol. The third-order valence-corrected chi connectivity index (χ3v) is 4.67. The molecule has 1 aliphatic heterocycles. The van der Waals surface area contributed by atoms with Crippen LogP contribution >= 0.6 is 0 Å². The van der Waals surface area contributed by atoms with Gasteiger partial charge in [0.25, 0.3) is 0 Å². The zero-order valence-electron chi connectivity index (χ0n) is 7.36. The summed E-state index contributed by atoms with van der Waals surface area (Å²) in [6, 6.07) is -1.07. The van der Waals surface area contributed by atoms with Crippen LogP contribution in [0, 0.1) is 5.41 Å². The zero-order chi connectivity index (χ0) is 10.3. The molecule has 0 aromatic rings. The predicted molar refractivity (Wildman–Crippen MR) is 47.0 cm³/mol. The third-order valence-electron chi connectivity index (χ3n) is 2.64. The number of hydrogen-bond donors (Lipinski definition) is 2. The third kappa shape index (κ3) is 1.68. The second kappa shape index (κ2) is 2.95. The Bertz CT molecular complexity index is 309. The van der Waals surface area contributed by atoms with Gasteiger partial charge in [0, 0.05) is 5.41 Å². The minimum Gasteiger partial charge on any atom is -0.480 e. The van der Waals surface area contributed by atoms with Crippen LogP contribution in [-0.4, -0.2) is 37.0 Å². The number of aliphatic carboxylic acids is 1. The van der Waals surface area contributed by atoms with Crippen LogP contribution in [0.1, 0.15) is 13.3 Å². The summed E-state index contributed by atoms with van der Waals surface area (Å²) in [6.07, 6.45) is 0.486. The van der Waals surface area contributed by atoms with Crippen molar-refractivity contribution in [1.29, 1.82) is 0 Å². The summed E-state index contributed by atoms with van der Waals surface area (Å²) < 4.78 is 21.9. The lowest BCUT2D eigenvalue weighted by atomic mass is 9.81. The average Bonchev–Trinajstić information content (AvgIpc) is 1.97. The predicted octanol–water partition coefficient (Wildman–Crippen LogP) is -0.777. The van der Waals surface area contributed by atoms with E-state index in [9.17, 15) is 13.2 Å². The van der Waals surface area contributed by atoms with Crippen molar-refractivity contribution in [3.63, 3.8) is 0 Å². The SMILES string of the molecule is CCC1(C(N)C(=O)O)CS(=O)(=O)C1. The molecule has 6 heteroatoms. The number of sulfone groups is 1. The van der Waals surface area contributed by atoms with Gasteiger partial charge in [0.2, 0.25) is 0 Å². The van der Waals surface area contributed by atoms with E-state index in [4.69, 9.17) is 10.8 Å². The van der Waals surface area contributed by atoms with Crippen LogP contribution in [0.2, 0.25) is 0 Å². The van der Waals surface area contributed by atoms with Crippen LogP contribution in [-0.2, 0) is 14.6 Å². The topological polar surface area (TPSA) is 97.5 Å². The maximum atomic E-state index is 10.9. The summed E-state index contributed by atoms with van der Waals surface area (Å²) in [6.45, 7) is 1.76. The quantitative estimate of drug-likeness (QED) is 0.633. The Hall–Kier alpha value is -0.620. The Balaban J connectivity index is 2.82. The van der Waals surface area contributed by atoms with Crippen molar-refractivity contribution in [2.24, 2.45) is 11.1 Å². The van der Waals surface area contributed by atoms with E-state index in [0.717, 1.165) is 0 Å². The van der Waals surface area contributed by atoms with E-state index in [1.807, 2.05) is 0 Å². The molecule has 1 saturated heterocycles. The molecule has 1 atom stereocenters. The molecular formula is C7H13NO4S. The Morgan fingerprint density at radius 2 is 2.08 bits per heavy atom. The van der Waals surface area contributed by atoms with Gasteiger partial charge in [0.1, 0.15) is 6.04 Å². The second-order valence-corrected chi connectivity index (χ2v) is 5.63. The highest BCUT2D eigenvalue weighted by Gasteiger charge is 2.53. The molecule has 0 radical (unpaired) electrons. The Morgan fingerprint density at radius 1 is 1.62 bits per heavy atom. The lowest BCUT2D eigenvalue weighted by Crippen LogP contribution is -2.61. The average molecular weight is 207 g/mol. The van der Waals surface area contributed by atoms with Crippen LogP contribution in [0.3, 0.4) is 0 Å². The summed E-state index contributed by atoms with van der Waals surface area (Å²) in [7, 11) is -3.02. The molecule has 3 N–H and O–H groups in total. The first-order valence-electron chi connectivity index (χ1n) is 4.02. The summed E-state index contributed by atoms with van der Waals surface area (Å²) >= 11 is 0. The number of carboxylic acids is 1. The minimum atomic E-state index is -3.02. The van der Waals surface area contributed by atoms with Gasteiger partial charge in [-0.05, 0) is 6.42 Å². The first-order valence-corrected chi connectivity index (χ1v) is 5.84. The van der Waals surface area contributed by atoms with Gasteiger partial charge in [-0.1, -0.05) is 6.92 Å². The molecule has 1 heterocycles. The fourth-order valence-electron chi connectivity index (χ4n) is 1.70. The largest absolute Gasteiger partial charge is 0.480 e. The van der Waals surface area contributed by atoms with Crippen LogP contribution in [0.4, 0.5) is 0 Å². The van der Waals surface area contributed by atoms with Crippen molar-refractivity contribution in [3.05, 3.63) is 0 Å². The van der Waals surface area contributed by atoms with Crippen molar-refractivity contribution < 1.29 is 18.3 Å². The van der Waals surface area contributed by atoms with Crippen LogP contribution in [0.25, 0.3) is 0 Å². The first-order chi connectivity index (χ1) is 5.83. The van der Waals surface area contributed by atoms with Crippen LogP contribution in [0.5, 0.6) is 0 Å². The van der Waals surface area contributed by atoms with E-state index in [2.05, 4.69) is 0 Å². The molecule has 13 heavy (non-hydrogen) atoms. The van der Waals surface area contributed by atoms with E-state index in [0.29, 0.717) is 6.42 Å². The number of carboxylic acid groups (broad SMARTS) is 1. The molecule has 76 valence electrons. The molecule has 1 aliphatic rings. The molecule has 0 bridgehead atoms. The molecule has 0 aliphatic carbocycles. The molecule has 1 fully saturated rings. The van der Waals surface area contributed by atoms with Crippen molar-refractivity contribution >= 4 is 15.8 Å². The molecular weight excluding hydrogens is 194 g/mol. The summed E-state index contributed by atoms with van der Waals surface area (Å²) in [5, 5.41) is 8.66. The summed E-state index contributed by atoms with van der Waals surface area (Å²) in [5.41, 5.74) is 4.69. The van der Waals surface area contributed by atoms with Crippen LogP contribution < -0.4 is 5.73 Å². The van der Waals surface area contributed by atoms with Crippen LogP contribution in [0.15, 0.2) is 0 Å². The highest BCUT2D eigenvalue weighted by Crippen LogP contribution is 2.38. The Morgan fingerprint density at radius 3 is 2.31 bits per heavy atom. The second-order valence-electron chi connectivity index (χ2n) is 3.56. The molecule has 0 saturated carbocycles. The lowest BCUT2D eigenvalue weighted by Gasteiger charge is -2.42. The maximum absolute atomic E-state index is 10.9. The van der Waals surface area contributed by atoms with E-state index in [1.165, 1.54) is 0 Å². The molecule has 0 aromatic carbocycles. The van der Waals surface area contributed by atoms with Gasteiger partial charge < -0.3 is 10.8 Å². The van der Waals surface area contributed by atoms with Gasteiger partial charge in [-0.2, -0.15) is 0 Å². The highest BCUT2D eigenvalue weighted by atomic mass is 32.2. The van der Waals surface area contributed by atoms with E-state index in [1.54, 1.807) is 6.92 Å². The molecule has 1 unspecified atom stereocenters. The fourth-order valence-corrected chi connectivity index (χ4v) is 4.13. The first kappa shape index (κ1) is 10.5. The van der Waals surface area contributed by atoms with Crippen molar-refractivity contribution in [1.82, 2.24) is 0 Å². The lowest BCUT2D eigenvalue weighted by molar-refractivity contribution is -0.141. The Kier molecular flexibility index (Phi) is 2.38. The summed E-state index contributed by atoms with van der Waals surface area (Å²) in [5.74, 6) is -1.31. The van der Waals surface area contributed by atoms with Gasteiger partial charge in [-0.15, -0.1) is 0 Å². The van der Waals surface area contributed by atoms with E-state index < -0.39 is 27.3 Å². The van der Waals surface area contributed by atoms with Crippen molar-refractivity contribution in [2.75, 3.05) is 11.5 Å². The van der Waals surface area contributed by atoms with Gasteiger partial charge in [-0.3, -0.25) is 4.79 Å². The van der Waals surface area contributed by atoms with Gasteiger partial charge in [-0.25, -0.2) is 8.42 Å². The number of rotatable bonds is 3. The number of nitrogens with two attached hydrogens (primary N) is 1. The van der Waals surface area contributed by atoms with Gasteiger partial charge in [0.15, 0.2) is 9.84 Å². The normalized spacial score (nSPS) is 26.0. The van der Waals surface area contributed by atoms with Gasteiger partial charge in [0.05, 0.1) is 11.5 Å². The zero-order valence-corrected chi connectivity index (χ0v) is 8.17. The molecule has 0 amide bonds. The standard InChI is InChI=1S/C7H13NO4S/c1-2-7(5(8)6(9)10)3-13(11,12)4-7/h5H,2-4,8H2,1H3,(H,9,10). The maximum Gasteiger partial charge on any atom is 0.321 e. The van der Waals surface area contributed by atoms with Gasteiger partial charge >= 0.3 is 5.97 Å². The molecule has 1 rings (SSSR count). The number of carbonyl (C=O) groups is 1. The fraction of sp³-hybridized carbons (Fsp3) is 0.857. The highest BCUT2D eigenvalue weighted by molar-refractivity contribution is 7.92. The van der Waals surface area contributed by atoms with Crippen molar-refractivity contribution in [2.45, 2.75) is 19.4 Å². The van der Waals surface area contributed by atoms with E-state index >= 15 is 0 Å². The summed E-state index contributed by atoms with van der Waals surface area (Å²) in [4.78, 5) is 10.6. The molecule has 0 spiro atoms. The van der Waals surface area contributed by atoms with E-state index in [-0.39, 0.29) is 11.5 Å². The van der Waals surface area contributed by atoms with Crippen molar-refractivity contribution in [3.8, 4) is 0 Å².